The molecular formula is C9H19N3O2S. The molecule has 0 aliphatic heterocycles. The molecule has 0 aromatic heterocycles. The molecule has 0 aliphatic rings. The van der Waals surface area contributed by atoms with E-state index >= 15 is 0 Å². The third-order valence-corrected chi connectivity index (χ3v) is 2.44. The molecule has 0 saturated heterocycles. The Balaban J connectivity index is 3.51. The number of amides is 3. The quantitative estimate of drug-likeness (QED) is 0.576. The van der Waals surface area contributed by atoms with Crippen molar-refractivity contribution in [1.82, 2.24) is 10.6 Å². The normalized spacial score (nSPS) is 10.1. The van der Waals surface area contributed by atoms with E-state index in [4.69, 9.17) is 5.73 Å². The van der Waals surface area contributed by atoms with Gasteiger partial charge >= 0.3 is 6.03 Å². The van der Waals surface area contributed by atoms with Gasteiger partial charge in [-0.25, -0.2) is 4.79 Å². The number of imide groups is 1. The van der Waals surface area contributed by atoms with E-state index in [0.717, 1.165) is 12.2 Å². The summed E-state index contributed by atoms with van der Waals surface area (Å²) in [6, 6.07) is -0.405. The molecule has 0 rings (SSSR count). The first-order chi connectivity index (χ1) is 7.06. The van der Waals surface area contributed by atoms with Gasteiger partial charge in [0.2, 0.25) is 5.91 Å². The van der Waals surface area contributed by atoms with E-state index in [9.17, 15) is 9.59 Å². The average Bonchev–Trinajstić information content (AvgIpc) is 2.10. The molecule has 0 fully saturated rings. The van der Waals surface area contributed by atoms with Crippen LogP contribution in [0.2, 0.25) is 0 Å². The van der Waals surface area contributed by atoms with E-state index in [1.54, 1.807) is 0 Å². The van der Waals surface area contributed by atoms with Gasteiger partial charge in [0, 0.05) is 6.04 Å². The number of carbonyl (C=O) groups excluding carboxylic acids is 2. The molecule has 15 heavy (non-hydrogen) atoms. The lowest BCUT2D eigenvalue weighted by Crippen LogP contribution is -2.43. The second-order valence-corrected chi connectivity index (χ2v) is 4.48. The first kappa shape index (κ1) is 14.2. The largest absolute Gasteiger partial charge is 0.336 e. The zero-order valence-corrected chi connectivity index (χ0v) is 10.0. The van der Waals surface area contributed by atoms with Gasteiger partial charge in [0.1, 0.15) is 0 Å². The van der Waals surface area contributed by atoms with E-state index in [2.05, 4.69) is 10.6 Å². The summed E-state index contributed by atoms with van der Waals surface area (Å²) in [6.45, 7) is 4.29. The molecular weight excluding hydrogens is 214 g/mol. The topological polar surface area (TPSA) is 84.2 Å². The smallest absolute Gasteiger partial charge is 0.321 e. The molecule has 5 nitrogen and oxygen atoms in total. The molecule has 4 N–H and O–H groups in total. The number of thioether (sulfide) groups is 1. The summed E-state index contributed by atoms with van der Waals surface area (Å²) < 4.78 is 0. The maximum atomic E-state index is 11.2. The van der Waals surface area contributed by atoms with Crippen LogP contribution >= 0.6 is 11.8 Å². The standard InChI is InChI=1S/C9H19N3O2S/c1-7(2)11-9(14)12-8(13)6-15-5-3-4-10/h7H,3-6,10H2,1-2H3,(H2,11,12,13,14). The fourth-order valence-electron chi connectivity index (χ4n) is 0.811. The van der Waals surface area contributed by atoms with Crippen LogP contribution in [0.3, 0.4) is 0 Å². The van der Waals surface area contributed by atoms with Crippen LogP contribution in [0.4, 0.5) is 4.79 Å². The lowest BCUT2D eigenvalue weighted by Gasteiger charge is -2.08. The molecule has 0 atom stereocenters. The Hall–Kier alpha value is -0.750. The van der Waals surface area contributed by atoms with Crippen molar-refractivity contribution < 1.29 is 9.59 Å². The summed E-state index contributed by atoms with van der Waals surface area (Å²) in [7, 11) is 0. The highest BCUT2D eigenvalue weighted by Crippen LogP contribution is 2.00. The molecule has 0 spiro atoms. The molecule has 0 aromatic rings. The fraction of sp³-hybridized carbons (Fsp3) is 0.778. The summed E-state index contributed by atoms with van der Waals surface area (Å²) in [5.74, 6) is 0.872. The fourth-order valence-corrected chi connectivity index (χ4v) is 1.58. The third-order valence-electron chi connectivity index (χ3n) is 1.40. The molecule has 3 amide bonds. The van der Waals surface area contributed by atoms with Crippen molar-refractivity contribution in [3.05, 3.63) is 0 Å². The predicted octanol–water partition coefficient (Wildman–Crippen LogP) is 0.303. The first-order valence-corrected chi connectivity index (χ1v) is 6.10. The van der Waals surface area contributed by atoms with Gasteiger partial charge in [-0.3, -0.25) is 10.1 Å². The predicted molar refractivity (Wildman–Crippen MR) is 62.8 cm³/mol. The van der Waals surface area contributed by atoms with Crippen LogP contribution in [0, 0.1) is 0 Å². The van der Waals surface area contributed by atoms with Crippen LogP contribution < -0.4 is 16.4 Å². The summed E-state index contributed by atoms with van der Waals surface area (Å²) in [5, 5.41) is 4.82. The minimum Gasteiger partial charge on any atom is -0.336 e. The van der Waals surface area contributed by atoms with Gasteiger partial charge in [-0.15, -0.1) is 0 Å². The molecule has 0 aliphatic carbocycles. The van der Waals surface area contributed by atoms with E-state index in [1.807, 2.05) is 13.8 Å². The van der Waals surface area contributed by atoms with Crippen LogP contribution in [0.25, 0.3) is 0 Å². The minimum atomic E-state index is -0.436. The highest BCUT2D eigenvalue weighted by molar-refractivity contribution is 7.99. The Bertz CT molecular complexity index is 210. The van der Waals surface area contributed by atoms with Crippen molar-refractivity contribution in [3.63, 3.8) is 0 Å². The van der Waals surface area contributed by atoms with Gasteiger partial charge in [0.05, 0.1) is 5.75 Å². The summed E-state index contributed by atoms with van der Waals surface area (Å²) in [6.07, 6.45) is 0.885. The van der Waals surface area contributed by atoms with Gasteiger partial charge in [-0.1, -0.05) is 0 Å². The second-order valence-electron chi connectivity index (χ2n) is 3.37. The van der Waals surface area contributed by atoms with Gasteiger partial charge in [0.25, 0.3) is 0 Å². The van der Waals surface area contributed by atoms with Crippen molar-refractivity contribution in [2.75, 3.05) is 18.1 Å². The lowest BCUT2D eigenvalue weighted by atomic mass is 10.4. The maximum absolute atomic E-state index is 11.2. The first-order valence-electron chi connectivity index (χ1n) is 4.94. The Morgan fingerprint density at radius 3 is 2.60 bits per heavy atom. The number of carbonyl (C=O) groups is 2. The average molecular weight is 233 g/mol. The number of nitrogens with two attached hydrogens (primary N) is 1. The van der Waals surface area contributed by atoms with Gasteiger partial charge in [-0.2, -0.15) is 11.8 Å². The molecule has 0 bridgehead atoms. The highest BCUT2D eigenvalue weighted by Gasteiger charge is 2.07. The van der Waals surface area contributed by atoms with Crippen LogP contribution in [0.5, 0.6) is 0 Å². The number of urea groups is 1. The van der Waals surface area contributed by atoms with E-state index in [0.29, 0.717) is 12.3 Å². The van der Waals surface area contributed by atoms with E-state index < -0.39 is 6.03 Å². The van der Waals surface area contributed by atoms with Crippen molar-refractivity contribution in [1.29, 1.82) is 0 Å². The summed E-state index contributed by atoms with van der Waals surface area (Å²) in [4.78, 5) is 22.3. The van der Waals surface area contributed by atoms with Gasteiger partial charge in [-0.05, 0) is 32.6 Å². The maximum Gasteiger partial charge on any atom is 0.321 e. The molecule has 0 unspecified atom stereocenters. The lowest BCUT2D eigenvalue weighted by molar-refractivity contribution is -0.117. The van der Waals surface area contributed by atoms with Crippen LogP contribution in [-0.2, 0) is 4.79 Å². The van der Waals surface area contributed by atoms with Crippen molar-refractivity contribution >= 4 is 23.7 Å². The Morgan fingerprint density at radius 2 is 2.07 bits per heavy atom. The van der Waals surface area contributed by atoms with Crippen LogP contribution in [0.15, 0.2) is 0 Å². The number of hydrogen-bond donors (Lipinski definition) is 3. The molecule has 0 saturated carbocycles. The molecule has 0 aromatic carbocycles. The zero-order chi connectivity index (χ0) is 11.7. The second kappa shape index (κ2) is 8.55. The molecule has 0 radical (unpaired) electrons. The summed E-state index contributed by atoms with van der Waals surface area (Å²) in [5.41, 5.74) is 5.30. The molecule has 0 heterocycles. The van der Waals surface area contributed by atoms with Gasteiger partial charge < -0.3 is 11.1 Å². The Labute approximate surface area is 94.5 Å². The SMILES string of the molecule is CC(C)NC(=O)NC(=O)CSCCCN. The molecule has 88 valence electrons. The van der Waals surface area contributed by atoms with Crippen molar-refractivity contribution in [3.8, 4) is 0 Å². The summed E-state index contributed by atoms with van der Waals surface area (Å²) >= 11 is 1.47. The zero-order valence-electron chi connectivity index (χ0n) is 9.21. The number of hydrogen-bond acceptors (Lipinski definition) is 4. The van der Waals surface area contributed by atoms with Gasteiger partial charge in [0.15, 0.2) is 0 Å². The van der Waals surface area contributed by atoms with E-state index in [1.165, 1.54) is 11.8 Å². The van der Waals surface area contributed by atoms with Crippen LogP contribution in [0.1, 0.15) is 20.3 Å². The number of rotatable bonds is 6. The Kier molecular flexibility index (Phi) is 8.12. The van der Waals surface area contributed by atoms with Crippen LogP contribution in [-0.4, -0.2) is 36.0 Å². The monoisotopic (exact) mass is 233 g/mol. The van der Waals surface area contributed by atoms with E-state index in [-0.39, 0.29) is 11.9 Å². The van der Waals surface area contributed by atoms with Crippen molar-refractivity contribution in [2.24, 2.45) is 5.73 Å². The number of nitrogens with one attached hydrogen (secondary N) is 2. The Morgan fingerprint density at radius 1 is 1.40 bits per heavy atom. The third kappa shape index (κ3) is 9.55. The molecule has 6 heteroatoms. The highest BCUT2D eigenvalue weighted by atomic mass is 32.2. The van der Waals surface area contributed by atoms with Crippen molar-refractivity contribution in [2.45, 2.75) is 26.3 Å². The minimum absolute atomic E-state index is 0.0303.